The summed E-state index contributed by atoms with van der Waals surface area (Å²) < 4.78 is 1.00. The van der Waals surface area contributed by atoms with E-state index >= 15 is 0 Å². The third-order valence-corrected chi connectivity index (χ3v) is 9.29. The number of thiazole rings is 1. The summed E-state index contributed by atoms with van der Waals surface area (Å²) in [5.41, 5.74) is 13.2. The van der Waals surface area contributed by atoms with Crippen LogP contribution >= 0.6 is 11.3 Å². The van der Waals surface area contributed by atoms with Gasteiger partial charge in [0.1, 0.15) is 12.1 Å². The van der Waals surface area contributed by atoms with Gasteiger partial charge in [-0.25, -0.2) is 4.98 Å². The highest BCUT2D eigenvalue weighted by Gasteiger charge is 2.33. The Morgan fingerprint density at radius 1 is 0.935 bits per heavy atom. The molecule has 0 saturated carbocycles. The van der Waals surface area contributed by atoms with Gasteiger partial charge in [0.25, 0.3) is 0 Å². The molecule has 0 aliphatic rings. The van der Waals surface area contributed by atoms with Crippen LogP contribution in [-0.4, -0.2) is 59.1 Å². The third-order valence-electron chi connectivity index (χ3n) is 8.25. The molecular weight excluding hydrogens is 604 g/mol. The van der Waals surface area contributed by atoms with Gasteiger partial charge in [0, 0.05) is 25.7 Å². The molecule has 1 aromatic heterocycles. The predicted octanol–water partition coefficient (Wildman–Crippen LogP) is 3.72. The minimum Gasteiger partial charge on any atom is -0.368 e. The Labute approximate surface area is 277 Å². The van der Waals surface area contributed by atoms with Crippen molar-refractivity contribution in [1.82, 2.24) is 20.9 Å². The molecule has 5 atom stereocenters. The first kappa shape index (κ1) is 38.8. The summed E-state index contributed by atoms with van der Waals surface area (Å²) in [5.74, 6) is -2.69. The fraction of sp³-hybridized carbons (Fsp3) is 0.647. The van der Waals surface area contributed by atoms with Gasteiger partial charge >= 0.3 is 0 Å². The molecule has 0 unspecified atom stereocenters. The van der Waals surface area contributed by atoms with Crippen molar-refractivity contribution in [2.45, 2.75) is 117 Å². The van der Waals surface area contributed by atoms with Gasteiger partial charge in [-0.1, -0.05) is 60.5 Å². The molecule has 4 amide bonds. The zero-order valence-electron chi connectivity index (χ0n) is 28.5. The predicted molar refractivity (Wildman–Crippen MR) is 183 cm³/mol. The number of carbonyl (C=O) groups excluding carboxylic acids is 5. The first-order valence-corrected chi connectivity index (χ1v) is 17.3. The van der Waals surface area contributed by atoms with Crippen molar-refractivity contribution in [2.24, 2.45) is 29.2 Å². The number of fused-ring (bicyclic) bond motifs is 1. The fourth-order valence-electron chi connectivity index (χ4n) is 5.33. The maximum absolute atomic E-state index is 13.8. The number of unbranched alkanes of at least 4 members (excludes halogenated alkanes) is 1. The van der Waals surface area contributed by atoms with Crippen molar-refractivity contribution in [2.75, 3.05) is 6.54 Å². The van der Waals surface area contributed by atoms with E-state index in [9.17, 15) is 24.0 Å². The Bertz CT molecular complexity index is 1340. The molecule has 2 aromatic rings. The van der Waals surface area contributed by atoms with Crippen LogP contribution in [0.3, 0.4) is 0 Å². The van der Waals surface area contributed by atoms with Crippen LogP contribution in [0.4, 0.5) is 0 Å². The van der Waals surface area contributed by atoms with Crippen LogP contribution in [0, 0.1) is 17.8 Å². The van der Waals surface area contributed by atoms with Crippen LogP contribution in [0.15, 0.2) is 18.2 Å². The number of nitrogens with two attached hydrogens (primary N) is 2. The lowest BCUT2D eigenvalue weighted by atomic mass is 9.87. The Kier molecular flexibility index (Phi) is 15.8. The molecule has 7 N–H and O–H groups in total. The summed E-state index contributed by atoms with van der Waals surface area (Å²) in [6.07, 6.45) is 2.72. The van der Waals surface area contributed by atoms with Gasteiger partial charge in [-0.15, -0.1) is 11.3 Å². The van der Waals surface area contributed by atoms with Crippen molar-refractivity contribution in [3.63, 3.8) is 0 Å². The minimum absolute atomic E-state index is 0.122. The van der Waals surface area contributed by atoms with E-state index in [-0.39, 0.29) is 36.4 Å². The lowest BCUT2D eigenvalue weighted by Gasteiger charge is -2.28. The Balaban J connectivity index is 2.28. The molecule has 0 aliphatic carbocycles. The average Bonchev–Trinajstić information content (AvgIpc) is 3.39. The number of rotatable bonds is 20. The van der Waals surface area contributed by atoms with E-state index < -0.39 is 41.8 Å². The van der Waals surface area contributed by atoms with E-state index in [1.165, 1.54) is 23.8 Å². The van der Waals surface area contributed by atoms with Crippen molar-refractivity contribution in [3.8, 4) is 0 Å². The van der Waals surface area contributed by atoms with E-state index in [0.29, 0.717) is 49.6 Å². The van der Waals surface area contributed by atoms with Gasteiger partial charge in [0.15, 0.2) is 5.78 Å². The van der Waals surface area contributed by atoms with Gasteiger partial charge < -0.3 is 27.4 Å². The van der Waals surface area contributed by atoms with E-state index in [0.717, 1.165) is 10.2 Å². The molecule has 256 valence electrons. The van der Waals surface area contributed by atoms with Gasteiger partial charge in [-0.3, -0.25) is 24.0 Å². The molecule has 0 bridgehead atoms. The normalized spacial score (nSPS) is 14.8. The molecule has 2 rings (SSSR count). The first-order chi connectivity index (χ1) is 21.7. The number of nitrogens with zero attached hydrogens (tertiary/aromatic N) is 1. The molecule has 46 heavy (non-hydrogen) atoms. The van der Waals surface area contributed by atoms with Crippen LogP contribution in [0.25, 0.3) is 10.2 Å². The number of hydrogen-bond acceptors (Lipinski definition) is 8. The number of nitrogens with one attached hydrogen (secondary N) is 3. The maximum Gasteiger partial charge on any atom is 0.243 e. The Morgan fingerprint density at radius 3 is 2.20 bits per heavy atom. The molecule has 0 saturated heterocycles. The Morgan fingerprint density at radius 2 is 1.63 bits per heavy atom. The topological polar surface area (TPSA) is 186 Å². The van der Waals surface area contributed by atoms with Gasteiger partial charge in [0.05, 0.1) is 21.3 Å². The molecule has 12 heteroatoms. The highest BCUT2D eigenvalue weighted by atomic mass is 32.1. The van der Waals surface area contributed by atoms with E-state index in [1.54, 1.807) is 0 Å². The fourth-order valence-corrected chi connectivity index (χ4v) is 6.39. The largest absolute Gasteiger partial charge is 0.368 e. The number of ketones is 1. The average molecular weight is 659 g/mol. The number of primary amides is 1. The summed E-state index contributed by atoms with van der Waals surface area (Å²) >= 11 is 1.47. The summed E-state index contributed by atoms with van der Waals surface area (Å²) in [6, 6.07) is 3.43. The van der Waals surface area contributed by atoms with Crippen LogP contribution in [0.1, 0.15) is 103 Å². The van der Waals surface area contributed by atoms with Crippen LogP contribution in [0.5, 0.6) is 0 Å². The van der Waals surface area contributed by atoms with Crippen LogP contribution < -0.4 is 27.4 Å². The van der Waals surface area contributed by atoms with Gasteiger partial charge in [0.2, 0.25) is 23.6 Å². The van der Waals surface area contributed by atoms with E-state index in [2.05, 4.69) is 35.9 Å². The summed E-state index contributed by atoms with van der Waals surface area (Å²) in [4.78, 5) is 69.8. The highest BCUT2D eigenvalue weighted by Crippen LogP contribution is 2.27. The summed E-state index contributed by atoms with van der Waals surface area (Å²) in [6.45, 7) is 13.7. The number of Topliss-reactive ketones (excluding diaryl/α,β-unsaturated/α-hetero) is 1. The number of aromatic nitrogens is 1. The highest BCUT2D eigenvalue weighted by molar-refractivity contribution is 7.18. The smallest absolute Gasteiger partial charge is 0.243 e. The third kappa shape index (κ3) is 12.1. The quantitative estimate of drug-likeness (QED) is 0.134. The monoisotopic (exact) mass is 658 g/mol. The number of hydrogen-bond donors (Lipinski definition) is 5. The van der Waals surface area contributed by atoms with E-state index in [1.807, 2.05) is 39.8 Å². The lowest BCUT2D eigenvalue weighted by Crippen LogP contribution is -2.54. The summed E-state index contributed by atoms with van der Waals surface area (Å²) in [5, 5.41) is 9.07. The summed E-state index contributed by atoms with van der Waals surface area (Å²) in [7, 11) is 0. The first-order valence-electron chi connectivity index (χ1n) is 16.5. The molecule has 0 aliphatic heterocycles. The van der Waals surface area contributed by atoms with Gasteiger partial charge in [-0.2, -0.15) is 0 Å². The van der Waals surface area contributed by atoms with Crippen molar-refractivity contribution < 1.29 is 24.0 Å². The van der Waals surface area contributed by atoms with Crippen LogP contribution in [-0.2, 0) is 30.4 Å². The lowest BCUT2D eigenvalue weighted by molar-refractivity contribution is -0.135. The second kappa shape index (κ2) is 18.7. The molecular formula is C34H54N6O5S. The zero-order chi connectivity index (χ0) is 34.6. The minimum atomic E-state index is -0.946. The number of carbonyl (C=O) groups is 5. The van der Waals surface area contributed by atoms with Crippen molar-refractivity contribution >= 4 is 51.0 Å². The second-order valence-electron chi connectivity index (χ2n) is 13.1. The molecule has 11 nitrogen and oxygen atoms in total. The van der Waals surface area contributed by atoms with E-state index in [4.69, 9.17) is 16.5 Å². The molecule has 0 fully saturated rings. The molecule has 1 heterocycles. The van der Waals surface area contributed by atoms with Crippen molar-refractivity contribution in [1.29, 1.82) is 0 Å². The standard InChI is InChI=1S/C34H54N6O5S/c1-8-21(6)31(28(42)16-24(11-9-10-14-35)33(44)39-26(32(36)43)15-19(2)3)40-34(45)27(37-22(7)41)18-30-38-25-13-12-23(20(4)5)17-29(25)46-30/h12-13,17,19-21,24,26-27,31H,8-11,14-16,18,35H2,1-7H3,(H2,36,43)(H,37,41)(H,39,44)(H,40,45)/t21-,24+,26-,27-,31-/m0/s1. The number of amides is 4. The SMILES string of the molecule is CC[C@H](C)[C@H](NC(=O)[C@H](Cc1nc2ccc(C(C)C)cc2s1)NC(C)=O)C(=O)C[C@@H](CCCCN)C(=O)N[C@@H](CC(C)C)C(N)=O. The van der Waals surface area contributed by atoms with Crippen molar-refractivity contribution in [3.05, 3.63) is 28.8 Å². The van der Waals surface area contributed by atoms with Gasteiger partial charge in [-0.05, 0) is 61.3 Å². The molecule has 0 radical (unpaired) electrons. The maximum atomic E-state index is 13.8. The number of benzene rings is 1. The molecule has 1 aromatic carbocycles. The molecule has 0 spiro atoms. The zero-order valence-corrected chi connectivity index (χ0v) is 29.3. The second-order valence-corrected chi connectivity index (χ2v) is 14.2. The van der Waals surface area contributed by atoms with Crippen LogP contribution in [0.2, 0.25) is 0 Å². The Hall–Kier alpha value is -3.38.